The highest BCUT2D eigenvalue weighted by molar-refractivity contribution is 7.11. The number of rotatable bonds is 6. The molecule has 1 amide bonds. The zero-order valence-electron chi connectivity index (χ0n) is 12.3. The molecular formula is C13H24N4OS. The van der Waals surface area contributed by atoms with Gasteiger partial charge < -0.3 is 16.4 Å². The maximum Gasteiger partial charge on any atom is 0.257 e. The molecule has 1 rings (SSSR count). The Kier molecular flexibility index (Phi) is 5.60. The number of carbonyl (C=O) groups is 1. The SMILES string of the molecule is CNC(=O)c1c(N)nsc1NCC(C(C)C)C(C)C. The summed E-state index contributed by atoms with van der Waals surface area (Å²) in [4.78, 5) is 11.8. The molecule has 0 aliphatic rings. The van der Waals surface area contributed by atoms with E-state index in [0.29, 0.717) is 23.3 Å². The standard InChI is InChI=1S/C13H24N4OS/c1-7(2)9(8(3)4)6-16-13-10(12(18)15-5)11(14)17-19-13/h7-9,16H,6H2,1-5H3,(H2,14,17)(H,15,18). The summed E-state index contributed by atoms with van der Waals surface area (Å²) in [5.41, 5.74) is 6.20. The molecule has 0 saturated carbocycles. The molecule has 108 valence electrons. The van der Waals surface area contributed by atoms with Gasteiger partial charge in [0.05, 0.1) is 0 Å². The molecule has 0 fully saturated rings. The molecule has 0 bridgehead atoms. The van der Waals surface area contributed by atoms with E-state index in [2.05, 4.69) is 42.7 Å². The Morgan fingerprint density at radius 2 is 1.89 bits per heavy atom. The highest BCUT2D eigenvalue weighted by Crippen LogP contribution is 2.28. The van der Waals surface area contributed by atoms with Gasteiger partial charge in [0.2, 0.25) is 0 Å². The number of hydrogen-bond acceptors (Lipinski definition) is 5. The monoisotopic (exact) mass is 284 g/mol. The van der Waals surface area contributed by atoms with Crippen LogP contribution in [0.15, 0.2) is 0 Å². The summed E-state index contributed by atoms with van der Waals surface area (Å²) in [6.07, 6.45) is 0. The average Bonchev–Trinajstić information content (AvgIpc) is 2.69. The summed E-state index contributed by atoms with van der Waals surface area (Å²) in [7, 11) is 1.59. The summed E-state index contributed by atoms with van der Waals surface area (Å²) in [6.45, 7) is 9.68. The topological polar surface area (TPSA) is 80.0 Å². The van der Waals surface area contributed by atoms with Crippen molar-refractivity contribution < 1.29 is 4.79 Å². The van der Waals surface area contributed by atoms with Crippen molar-refractivity contribution in [2.45, 2.75) is 27.7 Å². The first-order valence-electron chi connectivity index (χ1n) is 6.59. The highest BCUT2D eigenvalue weighted by Gasteiger charge is 2.21. The van der Waals surface area contributed by atoms with Crippen molar-refractivity contribution in [1.82, 2.24) is 9.69 Å². The van der Waals surface area contributed by atoms with E-state index < -0.39 is 0 Å². The lowest BCUT2D eigenvalue weighted by Crippen LogP contribution is -2.26. The van der Waals surface area contributed by atoms with Gasteiger partial charge >= 0.3 is 0 Å². The van der Waals surface area contributed by atoms with Gasteiger partial charge in [0.15, 0.2) is 5.82 Å². The van der Waals surface area contributed by atoms with Gasteiger partial charge in [0.25, 0.3) is 5.91 Å². The Morgan fingerprint density at radius 3 is 2.37 bits per heavy atom. The molecule has 0 saturated heterocycles. The minimum absolute atomic E-state index is 0.195. The molecule has 1 heterocycles. The first kappa shape index (κ1) is 15.8. The van der Waals surface area contributed by atoms with Crippen LogP contribution in [0.2, 0.25) is 0 Å². The molecule has 0 atom stereocenters. The van der Waals surface area contributed by atoms with Crippen LogP contribution in [0.4, 0.5) is 10.8 Å². The number of hydrogen-bond donors (Lipinski definition) is 3. The second-order valence-electron chi connectivity index (χ2n) is 5.38. The number of nitrogens with zero attached hydrogens (tertiary/aromatic N) is 1. The number of aromatic nitrogens is 1. The largest absolute Gasteiger partial charge is 0.382 e. The van der Waals surface area contributed by atoms with Crippen LogP contribution in [-0.2, 0) is 0 Å². The molecule has 6 heteroatoms. The van der Waals surface area contributed by atoms with Crippen molar-refractivity contribution in [2.24, 2.45) is 17.8 Å². The Morgan fingerprint density at radius 1 is 1.32 bits per heavy atom. The van der Waals surface area contributed by atoms with E-state index in [-0.39, 0.29) is 11.7 Å². The van der Waals surface area contributed by atoms with Crippen LogP contribution in [0, 0.1) is 17.8 Å². The van der Waals surface area contributed by atoms with Crippen molar-refractivity contribution in [3.63, 3.8) is 0 Å². The van der Waals surface area contributed by atoms with Gasteiger partial charge in [-0.3, -0.25) is 4.79 Å². The maximum atomic E-state index is 11.8. The zero-order chi connectivity index (χ0) is 14.6. The van der Waals surface area contributed by atoms with Crippen LogP contribution in [0.1, 0.15) is 38.1 Å². The van der Waals surface area contributed by atoms with Crippen molar-refractivity contribution >= 4 is 28.3 Å². The number of nitrogens with one attached hydrogen (secondary N) is 2. The average molecular weight is 284 g/mol. The molecule has 0 aliphatic heterocycles. The number of nitrogen functional groups attached to an aromatic ring is 1. The Hall–Kier alpha value is -1.30. The molecule has 1 aromatic rings. The summed E-state index contributed by atoms with van der Waals surface area (Å²) in [5.74, 6) is 1.81. The quantitative estimate of drug-likeness (QED) is 0.749. The van der Waals surface area contributed by atoms with Gasteiger partial charge in [0.1, 0.15) is 10.6 Å². The first-order chi connectivity index (χ1) is 8.88. The van der Waals surface area contributed by atoms with Gasteiger partial charge in [-0.2, -0.15) is 4.37 Å². The van der Waals surface area contributed by atoms with E-state index in [9.17, 15) is 4.79 Å². The fourth-order valence-corrected chi connectivity index (χ4v) is 2.94. The van der Waals surface area contributed by atoms with Crippen LogP contribution in [0.5, 0.6) is 0 Å². The van der Waals surface area contributed by atoms with Crippen LogP contribution in [-0.4, -0.2) is 23.9 Å². The van der Waals surface area contributed by atoms with E-state index in [4.69, 9.17) is 5.73 Å². The molecule has 0 spiro atoms. The Balaban J connectivity index is 2.80. The van der Waals surface area contributed by atoms with Crippen molar-refractivity contribution in [3.8, 4) is 0 Å². The first-order valence-corrected chi connectivity index (χ1v) is 7.36. The molecule has 4 N–H and O–H groups in total. The lowest BCUT2D eigenvalue weighted by Gasteiger charge is -2.25. The van der Waals surface area contributed by atoms with Gasteiger partial charge in [-0.1, -0.05) is 27.7 Å². The number of amides is 1. The van der Waals surface area contributed by atoms with Crippen LogP contribution in [0.25, 0.3) is 0 Å². The van der Waals surface area contributed by atoms with E-state index in [0.717, 1.165) is 11.5 Å². The second kappa shape index (κ2) is 6.75. The predicted molar refractivity (Wildman–Crippen MR) is 81.6 cm³/mol. The third-order valence-corrected chi connectivity index (χ3v) is 4.20. The maximum absolute atomic E-state index is 11.8. The van der Waals surface area contributed by atoms with Gasteiger partial charge in [-0.25, -0.2) is 0 Å². The molecule has 0 unspecified atom stereocenters. The lowest BCUT2D eigenvalue weighted by molar-refractivity contribution is 0.0965. The molecule has 0 radical (unpaired) electrons. The fraction of sp³-hybridized carbons (Fsp3) is 0.692. The molecule has 19 heavy (non-hydrogen) atoms. The number of anilines is 2. The Bertz CT molecular complexity index is 420. The van der Waals surface area contributed by atoms with E-state index in [1.54, 1.807) is 7.05 Å². The summed E-state index contributed by atoms with van der Waals surface area (Å²) < 4.78 is 4.05. The van der Waals surface area contributed by atoms with E-state index >= 15 is 0 Å². The van der Waals surface area contributed by atoms with Gasteiger partial charge in [-0.05, 0) is 29.3 Å². The molecule has 1 aromatic heterocycles. The minimum Gasteiger partial charge on any atom is -0.382 e. The third kappa shape index (κ3) is 3.83. The molecule has 5 nitrogen and oxygen atoms in total. The number of nitrogens with two attached hydrogens (primary N) is 1. The smallest absolute Gasteiger partial charge is 0.257 e. The van der Waals surface area contributed by atoms with Gasteiger partial charge in [-0.15, -0.1) is 0 Å². The zero-order valence-corrected chi connectivity index (χ0v) is 13.1. The van der Waals surface area contributed by atoms with Crippen molar-refractivity contribution in [1.29, 1.82) is 0 Å². The predicted octanol–water partition coefficient (Wildman–Crippen LogP) is 2.42. The molecule has 0 aliphatic carbocycles. The van der Waals surface area contributed by atoms with Crippen LogP contribution in [0.3, 0.4) is 0 Å². The molecule has 0 aromatic carbocycles. The normalized spacial score (nSPS) is 11.4. The van der Waals surface area contributed by atoms with Crippen molar-refractivity contribution in [3.05, 3.63) is 5.56 Å². The van der Waals surface area contributed by atoms with E-state index in [1.807, 2.05) is 0 Å². The second-order valence-corrected chi connectivity index (χ2v) is 6.16. The summed E-state index contributed by atoms with van der Waals surface area (Å²) >= 11 is 1.24. The van der Waals surface area contributed by atoms with Crippen LogP contribution >= 0.6 is 11.5 Å². The third-order valence-electron chi connectivity index (χ3n) is 3.38. The minimum atomic E-state index is -0.195. The van der Waals surface area contributed by atoms with Crippen LogP contribution < -0.4 is 16.4 Å². The molecular weight excluding hydrogens is 260 g/mol. The van der Waals surface area contributed by atoms with E-state index in [1.165, 1.54) is 11.5 Å². The summed E-state index contributed by atoms with van der Waals surface area (Å²) in [5, 5.41) is 6.67. The number of carbonyl (C=O) groups excluding carboxylic acids is 1. The lowest BCUT2D eigenvalue weighted by atomic mass is 9.85. The highest BCUT2D eigenvalue weighted by atomic mass is 32.1. The van der Waals surface area contributed by atoms with Crippen molar-refractivity contribution in [2.75, 3.05) is 24.6 Å². The summed E-state index contributed by atoms with van der Waals surface area (Å²) in [6, 6.07) is 0. The van der Waals surface area contributed by atoms with Gasteiger partial charge in [0, 0.05) is 13.6 Å². The fourth-order valence-electron chi connectivity index (χ4n) is 2.22. The Labute approximate surface area is 119 Å².